The SMILES string of the molecule is CCC1CCNC1c1cccc(N(C)C)c1. The van der Waals surface area contributed by atoms with Crippen molar-refractivity contribution in [3.05, 3.63) is 29.8 Å². The Morgan fingerprint density at radius 1 is 1.38 bits per heavy atom. The minimum absolute atomic E-state index is 0.560. The Morgan fingerprint density at radius 3 is 2.88 bits per heavy atom. The van der Waals surface area contributed by atoms with Crippen LogP contribution >= 0.6 is 0 Å². The molecule has 88 valence electrons. The number of benzene rings is 1. The topological polar surface area (TPSA) is 15.3 Å². The molecule has 1 aromatic rings. The van der Waals surface area contributed by atoms with Crippen LogP contribution in [0.3, 0.4) is 0 Å². The van der Waals surface area contributed by atoms with Crippen LogP contribution in [0, 0.1) is 5.92 Å². The number of rotatable bonds is 3. The summed E-state index contributed by atoms with van der Waals surface area (Å²) in [6.07, 6.45) is 2.58. The number of nitrogens with zero attached hydrogens (tertiary/aromatic N) is 1. The molecule has 0 aliphatic carbocycles. The molecule has 2 rings (SSSR count). The smallest absolute Gasteiger partial charge is 0.0364 e. The summed E-state index contributed by atoms with van der Waals surface area (Å²) in [4.78, 5) is 2.17. The fourth-order valence-corrected chi connectivity index (χ4v) is 2.58. The first-order valence-electron chi connectivity index (χ1n) is 6.23. The van der Waals surface area contributed by atoms with Gasteiger partial charge in [-0.05, 0) is 36.6 Å². The molecule has 2 nitrogen and oxygen atoms in total. The van der Waals surface area contributed by atoms with Crippen molar-refractivity contribution < 1.29 is 0 Å². The second-order valence-electron chi connectivity index (χ2n) is 4.88. The summed E-state index contributed by atoms with van der Waals surface area (Å²) in [6, 6.07) is 9.45. The predicted octanol–water partition coefficient (Wildman–Crippen LogP) is 2.81. The molecule has 1 heterocycles. The second kappa shape index (κ2) is 4.88. The van der Waals surface area contributed by atoms with Crippen molar-refractivity contribution in [2.45, 2.75) is 25.8 Å². The van der Waals surface area contributed by atoms with Crippen LogP contribution in [-0.4, -0.2) is 20.6 Å². The summed E-state index contributed by atoms with van der Waals surface area (Å²) >= 11 is 0. The summed E-state index contributed by atoms with van der Waals surface area (Å²) in [6.45, 7) is 3.45. The lowest BCUT2D eigenvalue weighted by atomic mass is 9.92. The van der Waals surface area contributed by atoms with Crippen molar-refractivity contribution in [1.29, 1.82) is 0 Å². The van der Waals surface area contributed by atoms with Gasteiger partial charge in [-0.1, -0.05) is 25.5 Å². The van der Waals surface area contributed by atoms with Crippen LogP contribution in [0.5, 0.6) is 0 Å². The van der Waals surface area contributed by atoms with Crippen LogP contribution in [0.1, 0.15) is 31.4 Å². The highest BCUT2D eigenvalue weighted by Gasteiger charge is 2.26. The van der Waals surface area contributed by atoms with E-state index < -0.39 is 0 Å². The molecule has 2 heteroatoms. The molecule has 1 fully saturated rings. The van der Waals surface area contributed by atoms with E-state index >= 15 is 0 Å². The molecule has 1 saturated heterocycles. The number of anilines is 1. The van der Waals surface area contributed by atoms with Gasteiger partial charge in [0.2, 0.25) is 0 Å². The summed E-state index contributed by atoms with van der Waals surface area (Å²) in [5, 5.41) is 3.62. The Bertz CT molecular complexity index is 346. The minimum atomic E-state index is 0.560. The molecule has 16 heavy (non-hydrogen) atoms. The van der Waals surface area contributed by atoms with Crippen molar-refractivity contribution in [3.63, 3.8) is 0 Å². The first kappa shape index (κ1) is 11.5. The van der Waals surface area contributed by atoms with Gasteiger partial charge in [0, 0.05) is 25.8 Å². The largest absolute Gasteiger partial charge is 0.378 e. The van der Waals surface area contributed by atoms with Crippen LogP contribution < -0.4 is 10.2 Å². The molecule has 1 aliphatic rings. The van der Waals surface area contributed by atoms with Gasteiger partial charge in [0.1, 0.15) is 0 Å². The minimum Gasteiger partial charge on any atom is -0.378 e. The standard InChI is InChI=1S/C14H22N2/c1-4-11-8-9-15-14(11)12-6-5-7-13(10-12)16(2)3/h5-7,10-11,14-15H,4,8-9H2,1-3H3. The van der Waals surface area contributed by atoms with E-state index in [1.54, 1.807) is 0 Å². The van der Waals surface area contributed by atoms with Gasteiger partial charge < -0.3 is 10.2 Å². The van der Waals surface area contributed by atoms with Crippen LogP contribution in [0.25, 0.3) is 0 Å². The first-order chi connectivity index (χ1) is 7.72. The van der Waals surface area contributed by atoms with Crippen molar-refractivity contribution in [2.75, 3.05) is 25.5 Å². The fraction of sp³-hybridized carbons (Fsp3) is 0.571. The fourth-order valence-electron chi connectivity index (χ4n) is 2.58. The average molecular weight is 218 g/mol. The first-order valence-corrected chi connectivity index (χ1v) is 6.23. The van der Waals surface area contributed by atoms with Crippen molar-refractivity contribution in [1.82, 2.24) is 5.32 Å². The molecule has 0 radical (unpaired) electrons. The molecule has 1 aliphatic heterocycles. The number of hydrogen-bond acceptors (Lipinski definition) is 2. The van der Waals surface area contributed by atoms with E-state index in [-0.39, 0.29) is 0 Å². The highest BCUT2D eigenvalue weighted by Crippen LogP contribution is 2.32. The number of hydrogen-bond donors (Lipinski definition) is 1. The highest BCUT2D eigenvalue weighted by atomic mass is 15.1. The van der Waals surface area contributed by atoms with E-state index in [9.17, 15) is 0 Å². The molecule has 0 bridgehead atoms. The summed E-state index contributed by atoms with van der Waals surface area (Å²) in [7, 11) is 4.19. The van der Waals surface area contributed by atoms with Gasteiger partial charge in [-0.3, -0.25) is 0 Å². The zero-order valence-corrected chi connectivity index (χ0v) is 10.5. The van der Waals surface area contributed by atoms with Crippen LogP contribution in [0.2, 0.25) is 0 Å². The summed E-state index contributed by atoms with van der Waals surface area (Å²) in [5.41, 5.74) is 2.73. The monoisotopic (exact) mass is 218 g/mol. The normalized spacial score (nSPS) is 24.7. The molecule has 0 amide bonds. The lowest BCUT2D eigenvalue weighted by molar-refractivity contribution is 0.449. The van der Waals surface area contributed by atoms with Gasteiger partial charge in [-0.15, -0.1) is 0 Å². The lowest BCUT2D eigenvalue weighted by Gasteiger charge is -2.21. The van der Waals surface area contributed by atoms with E-state index in [2.05, 4.69) is 55.5 Å². The zero-order chi connectivity index (χ0) is 11.5. The molecule has 1 N–H and O–H groups in total. The quantitative estimate of drug-likeness (QED) is 0.839. The van der Waals surface area contributed by atoms with Gasteiger partial charge in [0.25, 0.3) is 0 Å². The third kappa shape index (κ3) is 2.22. The zero-order valence-electron chi connectivity index (χ0n) is 10.5. The Balaban J connectivity index is 2.22. The number of nitrogens with one attached hydrogen (secondary N) is 1. The van der Waals surface area contributed by atoms with Gasteiger partial charge in [0.15, 0.2) is 0 Å². The Kier molecular flexibility index (Phi) is 3.49. The summed E-state index contributed by atoms with van der Waals surface area (Å²) < 4.78 is 0. The maximum atomic E-state index is 3.62. The maximum Gasteiger partial charge on any atom is 0.0364 e. The van der Waals surface area contributed by atoms with Crippen LogP contribution in [0.4, 0.5) is 5.69 Å². The van der Waals surface area contributed by atoms with Gasteiger partial charge in [-0.25, -0.2) is 0 Å². The lowest BCUT2D eigenvalue weighted by Crippen LogP contribution is -2.18. The van der Waals surface area contributed by atoms with Crippen molar-refractivity contribution >= 4 is 5.69 Å². The second-order valence-corrected chi connectivity index (χ2v) is 4.88. The molecular formula is C14H22N2. The van der Waals surface area contributed by atoms with E-state index in [0.717, 1.165) is 12.5 Å². The van der Waals surface area contributed by atoms with Crippen LogP contribution in [0.15, 0.2) is 24.3 Å². The molecule has 2 atom stereocenters. The van der Waals surface area contributed by atoms with Crippen molar-refractivity contribution in [2.24, 2.45) is 5.92 Å². The Morgan fingerprint density at radius 2 is 2.19 bits per heavy atom. The third-order valence-corrected chi connectivity index (χ3v) is 3.62. The highest BCUT2D eigenvalue weighted by molar-refractivity contribution is 5.48. The molecule has 0 aromatic heterocycles. The van der Waals surface area contributed by atoms with Crippen molar-refractivity contribution in [3.8, 4) is 0 Å². The van der Waals surface area contributed by atoms with E-state index in [1.807, 2.05) is 0 Å². The molecule has 0 saturated carbocycles. The molecule has 0 spiro atoms. The molecular weight excluding hydrogens is 196 g/mol. The van der Waals surface area contributed by atoms with Gasteiger partial charge in [-0.2, -0.15) is 0 Å². The molecule has 1 aromatic carbocycles. The van der Waals surface area contributed by atoms with E-state index in [1.165, 1.54) is 24.1 Å². The van der Waals surface area contributed by atoms with Gasteiger partial charge >= 0.3 is 0 Å². The predicted molar refractivity (Wildman–Crippen MR) is 69.9 cm³/mol. The van der Waals surface area contributed by atoms with E-state index in [4.69, 9.17) is 0 Å². The Hall–Kier alpha value is -1.02. The Labute approximate surface area is 98.7 Å². The third-order valence-electron chi connectivity index (χ3n) is 3.62. The average Bonchev–Trinajstić information content (AvgIpc) is 2.77. The summed E-state index contributed by atoms with van der Waals surface area (Å²) in [5.74, 6) is 0.803. The van der Waals surface area contributed by atoms with E-state index in [0.29, 0.717) is 6.04 Å². The maximum absolute atomic E-state index is 3.62. The van der Waals surface area contributed by atoms with Crippen LogP contribution in [-0.2, 0) is 0 Å². The van der Waals surface area contributed by atoms with Gasteiger partial charge in [0.05, 0.1) is 0 Å². The molecule has 2 unspecified atom stereocenters.